The third-order valence-corrected chi connectivity index (χ3v) is 5.16. The molecule has 1 rings (SSSR count). The molecule has 7 heteroatoms. The van der Waals surface area contributed by atoms with E-state index in [1.165, 1.54) is 7.11 Å². The van der Waals surface area contributed by atoms with Crippen LogP contribution in [0.2, 0.25) is 0 Å². The number of carbonyl (C=O) groups is 1. The minimum Gasteiger partial charge on any atom is -0.380 e. The van der Waals surface area contributed by atoms with E-state index in [9.17, 15) is 9.00 Å². The van der Waals surface area contributed by atoms with Crippen molar-refractivity contribution in [1.82, 2.24) is 0 Å². The van der Waals surface area contributed by atoms with Crippen molar-refractivity contribution in [2.45, 2.75) is 43.8 Å². The van der Waals surface area contributed by atoms with Crippen LogP contribution in [0.1, 0.15) is 32.8 Å². The molecule has 2 unspecified atom stereocenters. The average molecular weight is 363 g/mol. The molecular weight excluding hydrogens is 336 g/mol. The van der Waals surface area contributed by atoms with Gasteiger partial charge in [0.1, 0.15) is 0 Å². The van der Waals surface area contributed by atoms with Gasteiger partial charge in [0.15, 0.2) is 0 Å². The molecule has 0 fully saturated rings. The van der Waals surface area contributed by atoms with Gasteiger partial charge in [-0.15, -0.1) is 12.4 Å². The third-order valence-electron chi connectivity index (χ3n) is 3.20. The molecule has 132 valence electrons. The fourth-order valence-corrected chi connectivity index (χ4v) is 2.70. The Bertz CT molecular complexity index is 528. The van der Waals surface area contributed by atoms with E-state index in [1.54, 1.807) is 0 Å². The van der Waals surface area contributed by atoms with Crippen LogP contribution in [0, 0.1) is 0 Å². The van der Waals surface area contributed by atoms with E-state index in [2.05, 4.69) is 5.32 Å². The molecule has 0 aliphatic heterocycles. The maximum atomic E-state index is 12.2. The van der Waals surface area contributed by atoms with Crippen LogP contribution in [0.5, 0.6) is 0 Å². The molecular formula is C16H27ClN2O3S. The molecule has 0 saturated heterocycles. The third kappa shape index (κ3) is 7.92. The van der Waals surface area contributed by atoms with Gasteiger partial charge < -0.3 is 15.8 Å². The summed E-state index contributed by atoms with van der Waals surface area (Å²) in [6.07, 6.45) is -0.0675. The Morgan fingerprint density at radius 3 is 2.57 bits per heavy atom. The van der Waals surface area contributed by atoms with Crippen molar-refractivity contribution in [3.8, 4) is 0 Å². The van der Waals surface area contributed by atoms with Crippen LogP contribution < -0.4 is 11.1 Å². The summed E-state index contributed by atoms with van der Waals surface area (Å²) >= 11 is 0. The molecule has 0 aliphatic rings. The Morgan fingerprint density at radius 1 is 1.39 bits per heavy atom. The molecule has 5 nitrogen and oxygen atoms in total. The number of nitrogens with one attached hydrogen (secondary N) is 1. The second-order valence-electron chi connectivity index (χ2n) is 6.15. The summed E-state index contributed by atoms with van der Waals surface area (Å²) in [6.45, 7) is 6.15. The van der Waals surface area contributed by atoms with E-state index in [4.69, 9.17) is 10.5 Å². The summed E-state index contributed by atoms with van der Waals surface area (Å²) in [5.41, 5.74) is 7.14. The van der Waals surface area contributed by atoms with Gasteiger partial charge in [-0.2, -0.15) is 0 Å². The number of anilines is 1. The highest BCUT2D eigenvalue weighted by Crippen LogP contribution is 2.19. The van der Waals surface area contributed by atoms with Gasteiger partial charge in [-0.1, -0.05) is 12.1 Å². The first-order valence-corrected chi connectivity index (χ1v) is 8.58. The molecule has 0 heterocycles. The first-order valence-electron chi connectivity index (χ1n) is 7.26. The zero-order valence-corrected chi connectivity index (χ0v) is 15.8. The second kappa shape index (κ2) is 10.0. The van der Waals surface area contributed by atoms with Gasteiger partial charge in [0.05, 0.1) is 12.5 Å². The van der Waals surface area contributed by atoms with Gasteiger partial charge in [-0.05, 0) is 38.5 Å². The molecule has 1 amide bonds. The number of ether oxygens (including phenoxy) is 1. The minimum absolute atomic E-state index is 0. The lowest BCUT2D eigenvalue weighted by molar-refractivity contribution is -0.118. The minimum atomic E-state index is -0.970. The highest BCUT2D eigenvalue weighted by molar-refractivity contribution is 7.85. The lowest BCUT2D eigenvalue weighted by Crippen LogP contribution is -2.28. The number of nitrogens with two attached hydrogens (primary N) is 1. The summed E-state index contributed by atoms with van der Waals surface area (Å²) in [7, 11) is 0.564. The second-order valence-corrected chi connectivity index (χ2v) is 8.35. The molecule has 0 radical (unpaired) electrons. The Labute approximate surface area is 147 Å². The van der Waals surface area contributed by atoms with Gasteiger partial charge in [-0.25, -0.2) is 0 Å². The highest BCUT2D eigenvalue weighted by atomic mass is 35.5. The molecule has 2 atom stereocenters. The largest absolute Gasteiger partial charge is 0.380 e. The molecule has 1 aromatic carbocycles. The average Bonchev–Trinajstić information content (AvgIpc) is 2.44. The lowest BCUT2D eigenvalue weighted by atomic mass is 10.2. The fraction of sp³-hybridized carbons (Fsp3) is 0.562. The van der Waals surface area contributed by atoms with Gasteiger partial charge in [0.25, 0.3) is 0 Å². The van der Waals surface area contributed by atoms with Gasteiger partial charge in [0, 0.05) is 40.6 Å². The molecule has 0 aliphatic carbocycles. The molecule has 0 aromatic heterocycles. The van der Waals surface area contributed by atoms with Crippen molar-refractivity contribution in [1.29, 1.82) is 0 Å². The van der Waals surface area contributed by atoms with Crippen molar-refractivity contribution in [3.63, 3.8) is 0 Å². The lowest BCUT2D eigenvalue weighted by Gasteiger charge is -2.18. The summed E-state index contributed by atoms with van der Waals surface area (Å²) in [5.74, 6) is 0.322. The van der Waals surface area contributed by atoms with E-state index in [0.29, 0.717) is 18.0 Å². The predicted octanol–water partition coefficient (Wildman–Crippen LogP) is 2.46. The van der Waals surface area contributed by atoms with E-state index < -0.39 is 10.8 Å². The SMILES string of the molecule is COC(CN)CC(=O)Nc1cccc(CS(=O)C(C)(C)C)c1.Cl. The normalized spacial score (nSPS) is 13.8. The summed E-state index contributed by atoms with van der Waals surface area (Å²) in [5, 5.41) is 2.82. The number of hydrogen-bond acceptors (Lipinski definition) is 4. The van der Waals surface area contributed by atoms with Crippen LogP contribution in [-0.2, 0) is 26.1 Å². The Morgan fingerprint density at radius 2 is 2.04 bits per heavy atom. The Kier molecular flexibility index (Phi) is 9.61. The number of halogens is 1. The van der Waals surface area contributed by atoms with Crippen molar-refractivity contribution in [2.24, 2.45) is 5.73 Å². The molecule has 0 bridgehead atoms. The van der Waals surface area contributed by atoms with Crippen LogP contribution in [0.25, 0.3) is 0 Å². The van der Waals surface area contributed by atoms with Crippen LogP contribution in [-0.4, -0.2) is 34.6 Å². The predicted molar refractivity (Wildman–Crippen MR) is 98.4 cm³/mol. The van der Waals surface area contributed by atoms with Crippen molar-refractivity contribution in [2.75, 3.05) is 19.0 Å². The zero-order chi connectivity index (χ0) is 16.8. The van der Waals surface area contributed by atoms with E-state index in [-0.39, 0.29) is 35.6 Å². The van der Waals surface area contributed by atoms with E-state index in [0.717, 1.165) is 5.56 Å². The quantitative estimate of drug-likeness (QED) is 0.780. The maximum absolute atomic E-state index is 12.2. The van der Waals surface area contributed by atoms with Crippen LogP contribution in [0.4, 0.5) is 5.69 Å². The standard InChI is InChI=1S/C16H26N2O3S.ClH/c1-16(2,3)22(20)11-12-6-5-7-13(8-12)18-15(19)9-14(10-17)21-4;/h5-8,14H,9-11,17H2,1-4H3,(H,18,19);1H. The first-order chi connectivity index (χ1) is 10.3. The van der Waals surface area contributed by atoms with Crippen molar-refractivity contribution in [3.05, 3.63) is 29.8 Å². The number of rotatable bonds is 7. The van der Waals surface area contributed by atoms with Crippen molar-refractivity contribution < 1.29 is 13.7 Å². The number of methoxy groups -OCH3 is 1. The molecule has 1 aromatic rings. The smallest absolute Gasteiger partial charge is 0.227 e. The van der Waals surface area contributed by atoms with Crippen LogP contribution in [0.3, 0.4) is 0 Å². The number of amides is 1. The van der Waals surface area contributed by atoms with Gasteiger partial charge in [0.2, 0.25) is 5.91 Å². The topological polar surface area (TPSA) is 81.4 Å². The first kappa shape index (κ1) is 22.1. The fourth-order valence-electron chi connectivity index (χ4n) is 1.79. The van der Waals surface area contributed by atoms with Crippen molar-refractivity contribution >= 4 is 34.8 Å². The Hall–Kier alpha value is -0.950. The number of hydrogen-bond donors (Lipinski definition) is 2. The molecule has 0 spiro atoms. The number of benzene rings is 1. The Balaban J connectivity index is 0.00000484. The van der Waals surface area contributed by atoms with Crippen LogP contribution in [0.15, 0.2) is 24.3 Å². The molecule has 3 N–H and O–H groups in total. The summed E-state index contributed by atoms with van der Waals surface area (Å²) in [4.78, 5) is 11.9. The van der Waals surface area contributed by atoms with Gasteiger partial charge >= 0.3 is 0 Å². The molecule has 0 saturated carbocycles. The monoisotopic (exact) mass is 362 g/mol. The van der Waals surface area contributed by atoms with Gasteiger partial charge in [-0.3, -0.25) is 9.00 Å². The number of carbonyl (C=O) groups excluding carboxylic acids is 1. The zero-order valence-electron chi connectivity index (χ0n) is 14.1. The summed E-state index contributed by atoms with van der Waals surface area (Å²) in [6, 6.07) is 7.43. The van der Waals surface area contributed by atoms with E-state index in [1.807, 2.05) is 45.0 Å². The molecule has 23 heavy (non-hydrogen) atoms. The van der Waals surface area contributed by atoms with Crippen LogP contribution >= 0.6 is 12.4 Å². The summed E-state index contributed by atoms with van der Waals surface area (Å²) < 4.78 is 17.0. The highest BCUT2D eigenvalue weighted by Gasteiger charge is 2.19. The van der Waals surface area contributed by atoms with E-state index >= 15 is 0 Å². The maximum Gasteiger partial charge on any atom is 0.227 e.